The lowest BCUT2D eigenvalue weighted by atomic mass is 9.72. The van der Waals surface area contributed by atoms with E-state index >= 15 is 0 Å². The van der Waals surface area contributed by atoms with Gasteiger partial charge >= 0.3 is 0 Å². The largest absolute Gasteiger partial charge is 0.329 e. The zero-order valence-corrected chi connectivity index (χ0v) is 13.0. The van der Waals surface area contributed by atoms with Crippen LogP contribution in [0.1, 0.15) is 66.2 Å². The van der Waals surface area contributed by atoms with E-state index in [-0.39, 0.29) is 5.54 Å². The minimum atomic E-state index is 0.287. The molecule has 2 heteroatoms. The zero-order valence-electron chi connectivity index (χ0n) is 13.0. The van der Waals surface area contributed by atoms with E-state index < -0.39 is 0 Å². The number of nitrogens with two attached hydrogens (primary N) is 1. The van der Waals surface area contributed by atoms with Gasteiger partial charge in [0.2, 0.25) is 0 Å². The highest BCUT2D eigenvalue weighted by Gasteiger charge is 2.41. The molecule has 0 aromatic rings. The van der Waals surface area contributed by atoms with Crippen LogP contribution < -0.4 is 5.73 Å². The predicted molar refractivity (Wildman–Crippen MR) is 80.7 cm³/mol. The number of nitrogens with zero attached hydrogens (tertiary/aromatic N) is 1. The van der Waals surface area contributed by atoms with Crippen LogP contribution in [-0.2, 0) is 0 Å². The van der Waals surface area contributed by atoms with Gasteiger partial charge in [-0.2, -0.15) is 0 Å². The van der Waals surface area contributed by atoms with E-state index in [4.69, 9.17) is 5.73 Å². The monoisotopic (exact) mass is 254 g/mol. The third-order valence-electron chi connectivity index (χ3n) is 5.41. The maximum Gasteiger partial charge on any atom is 0.0357 e. The highest BCUT2D eigenvalue weighted by molar-refractivity contribution is 4.98. The predicted octanol–water partition coefficient (Wildman–Crippen LogP) is 3.65. The fourth-order valence-corrected chi connectivity index (χ4v) is 3.78. The minimum Gasteiger partial charge on any atom is -0.329 e. The summed E-state index contributed by atoms with van der Waals surface area (Å²) < 4.78 is 0. The second-order valence-corrected chi connectivity index (χ2v) is 6.18. The summed E-state index contributed by atoms with van der Waals surface area (Å²) in [5.74, 6) is 1.59. The molecule has 1 aliphatic rings. The number of hydrogen-bond donors (Lipinski definition) is 1. The van der Waals surface area contributed by atoms with Crippen molar-refractivity contribution >= 4 is 0 Å². The molecule has 108 valence electrons. The molecule has 0 aromatic heterocycles. The lowest BCUT2D eigenvalue weighted by Gasteiger charge is -2.51. The summed E-state index contributed by atoms with van der Waals surface area (Å²) in [5, 5.41) is 0. The van der Waals surface area contributed by atoms with E-state index in [1.165, 1.54) is 45.1 Å². The first-order valence-corrected chi connectivity index (χ1v) is 8.09. The molecule has 0 aromatic carbocycles. The summed E-state index contributed by atoms with van der Waals surface area (Å²) in [6.07, 6.45) is 8.01. The van der Waals surface area contributed by atoms with Crippen LogP contribution >= 0.6 is 0 Å². The van der Waals surface area contributed by atoms with Crippen molar-refractivity contribution < 1.29 is 0 Å². The van der Waals surface area contributed by atoms with E-state index in [0.717, 1.165) is 24.9 Å². The third-order valence-corrected chi connectivity index (χ3v) is 5.41. The summed E-state index contributed by atoms with van der Waals surface area (Å²) in [6.45, 7) is 12.6. The average molecular weight is 254 g/mol. The summed E-state index contributed by atoms with van der Waals surface area (Å²) in [5.41, 5.74) is 6.51. The molecule has 1 rings (SSSR count). The van der Waals surface area contributed by atoms with Gasteiger partial charge in [-0.25, -0.2) is 0 Å². The van der Waals surface area contributed by atoms with Crippen molar-refractivity contribution in [3.8, 4) is 0 Å². The van der Waals surface area contributed by atoms with Crippen molar-refractivity contribution in [1.82, 2.24) is 4.90 Å². The van der Waals surface area contributed by atoms with Crippen molar-refractivity contribution in [2.24, 2.45) is 17.6 Å². The average Bonchev–Trinajstić information content (AvgIpc) is 2.41. The molecule has 0 saturated heterocycles. The molecule has 1 fully saturated rings. The third kappa shape index (κ3) is 3.27. The molecule has 0 amide bonds. The van der Waals surface area contributed by atoms with Crippen LogP contribution in [0.2, 0.25) is 0 Å². The Morgan fingerprint density at radius 2 is 1.89 bits per heavy atom. The van der Waals surface area contributed by atoms with Gasteiger partial charge in [0.05, 0.1) is 0 Å². The Hall–Kier alpha value is -0.0800. The first kappa shape index (κ1) is 16.0. The van der Waals surface area contributed by atoms with Crippen LogP contribution in [-0.4, -0.2) is 30.1 Å². The van der Waals surface area contributed by atoms with Crippen molar-refractivity contribution in [2.75, 3.05) is 19.6 Å². The van der Waals surface area contributed by atoms with Crippen LogP contribution in [0.4, 0.5) is 0 Å². The van der Waals surface area contributed by atoms with E-state index in [0.29, 0.717) is 0 Å². The van der Waals surface area contributed by atoms with Crippen LogP contribution in [0.3, 0.4) is 0 Å². The Morgan fingerprint density at radius 3 is 2.33 bits per heavy atom. The Bertz CT molecular complexity index is 225. The van der Waals surface area contributed by atoms with Crippen molar-refractivity contribution in [3.63, 3.8) is 0 Å². The zero-order chi connectivity index (χ0) is 13.6. The second kappa shape index (κ2) is 7.49. The smallest absolute Gasteiger partial charge is 0.0357 e. The van der Waals surface area contributed by atoms with Gasteiger partial charge in [-0.15, -0.1) is 0 Å². The van der Waals surface area contributed by atoms with E-state index in [2.05, 4.69) is 32.6 Å². The molecular formula is C16H34N2. The Morgan fingerprint density at radius 1 is 1.22 bits per heavy atom. The second-order valence-electron chi connectivity index (χ2n) is 6.18. The number of likely N-dealkylation sites (N-methyl/N-ethyl adjacent to an activating group) is 1. The standard InChI is InChI=1S/C16H34N2/c1-5-15(6-2)12-18(7-3)16(13-17)11-9-8-10-14(16)4/h14-15H,5-13,17H2,1-4H3. The van der Waals surface area contributed by atoms with Crippen molar-refractivity contribution in [1.29, 1.82) is 0 Å². The van der Waals surface area contributed by atoms with Gasteiger partial charge in [0, 0.05) is 18.6 Å². The van der Waals surface area contributed by atoms with Crippen LogP contribution in [0.15, 0.2) is 0 Å². The molecule has 1 saturated carbocycles. The lowest BCUT2D eigenvalue weighted by Crippen LogP contribution is -2.60. The fourth-order valence-electron chi connectivity index (χ4n) is 3.78. The molecule has 0 spiro atoms. The molecule has 2 nitrogen and oxygen atoms in total. The molecule has 0 radical (unpaired) electrons. The molecule has 0 bridgehead atoms. The van der Waals surface area contributed by atoms with Gasteiger partial charge in [-0.1, -0.05) is 53.4 Å². The molecule has 0 heterocycles. The maximum absolute atomic E-state index is 6.22. The summed E-state index contributed by atoms with van der Waals surface area (Å²) >= 11 is 0. The van der Waals surface area contributed by atoms with Gasteiger partial charge in [-0.3, -0.25) is 4.90 Å². The molecule has 1 aliphatic carbocycles. The molecular weight excluding hydrogens is 220 g/mol. The topological polar surface area (TPSA) is 29.3 Å². The first-order valence-electron chi connectivity index (χ1n) is 8.09. The Labute approximate surface area is 114 Å². The first-order chi connectivity index (χ1) is 8.64. The molecule has 18 heavy (non-hydrogen) atoms. The Kier molecular flexibility index (Phi) is 6.65. The molecule has 2 atom stereocenters. The van der Waals surface area contributed by atoms with Crippen LogP contribution in [0.5, 0.6) is 0 Å². The molecule has 2 N–H and O–H groups in total. The van der Waals surface area contributed by atoms with E-state index in [9.17, 15) is 0 Å². The Balaban J connectivity index is 2.81. The van der Waals surface area contributed by atoms with E-state index in [1.807, 2.05) is 0 Å². The van der Waals surface area contributed by atoms with Gasteiger partial charge in [-0.05, 0) is 31.2 Å². The normalized spacial score (nSPS) is 29.2. The van der Waals surface area contributed by atoms with Crippen molar-refractivity contribution in [3.05, 3.63) is 0 Å². The number of hydrogen-bond acceptors (Lipinski definition) is 2. The highest BCUT2D eigenvalue weighted by atomic mass is 15.2. The van der Waals surface area contributed by atoms with E-state index in [1.54, 1.807) is 0 Å². The van der Waals surface area contributed by atoms with Gasteiger partial charge < -0.3 is 5.73 Å². The fraction of sp³-hybridized carbons (Fsp3) is 1.00. The minimum absolute atomic E-state index is 0.287. The number of rotatable bonds is 7. The van der Waals surface area contributed by atoms with Gasteiger partial charge in [0.15, 0.2) is 0 Å². The van der Waals surface area contributed by atoms with Crippen LogP contribution in [0, 0.1) is 11.8 Å². The SMILES string of the molecule is CCC(CC)CN(CC)C1(CN)CCCCC1C. The van der Waals surface area contributed by atoms with Crippen LogP contribution in [0.25, 0.3) is 0 Å². The summed E-state index contributed by atoms with van der Waals surface area (Å²) in [7, 11) is 0. The summed E-state index contributed by atoms with van der Waals surface area (Å²) in [4.78, 5) is 2.72. The van der Waals surface area contributed by atoms with Gasteiger partial charge in [0.1, 0.15) is 0 Å². The highest BCUT2D eigenvalue weighted by Crippen LogP contribution is 2.38. The molecule has 2 unspecified atom stereocenters. The van der Waals surface area contributed by atoms with Gasteiger partial charge in [0.25, 0.3) is 0 Å². The lowest BCUT2D eigenvalue weighted by molar-refractivity contribution is 0.00510. The molecule has 0 aliphatic heterocycles. The quantitative estimate of drug-likeness (QED) is 0.751. The maximum atomic E-state index is 6.22. The summed E-state index contributed by atoms with van der Waals surface area (Å²) in [6, 6.07) is 0. The van der Waals surface area contributed by atoms with Crippen molar-refractivity contribution in [2.45, 2.75) is 71.8 Å².